The highest BCUT2D eigenvalue weighted by Gasteiger charge is 2.34. The van der Waals surface area contributed by atoms with E-state index >= 15 is 0 Å². The molecular formula is C14H15ClF3N3O4. The summed E-state index contributed by atoms with van der Waals surface area (Å²) in [7, 11) is 0. The van der Waals surface area contributed by atoms with Crippen molar-refractivity contribution in [1.82, 2.24) is 15.2 Å². The third-order valence-corrected chi connectivity index (χ3v) is 4.02. The van der Waals surface area contributed by atoms with Gasteiger partial charge in [0.2, 0.25) is 0 Å². The summed E-state index contributed by atoms with van der Waals surface area (Å²) in [5.74, 6) is -1.06. The van der Waals surface area contributed by atoms with Crippen LogP contribution in [0.25, 0.3) is 0 Å². The van der Waals surface area contributed by atoms with Crippen LogP contribution >= 0.6 is 11.6 Å². The molecule has 1 aliphatic rings. The smallest absolute Gasteiger partial charge is 0.417 e. The molecule has 2 atom stereocenters. The highest BCUT2D eigenvalue weighted by molar-refractivity contribution is 6.32. The number of hydrogen-bond donors (Lipinski definition) is 2. The number of hydrogen-bond acceptors (Lipinski definition) is 5. The van der Waals surface area contributed by atoms with Gasteiger partial charge in [-0.1, -0.05) is 11.6 Å². The standard InChI is InChI=1S/C14H15ClF3N3O4/c1-7(10-6-21(13(23)24)3-2-19-10)25-12(22)9-4-8(14(16,17)18)5-20-11(9)15/h4-5,7,10,19H,2-3,6H2,1H3,(H,23,24)/t7-,10-/m1/s1. The number of carbonyl (C=O) groups excluding carboxylic acids is 1. The molecule has 1 aromatic rings. The number of amides is 1. The molecular weight excluding hydrogens is 367 g/mol. The fourth-order valence-corrected chi connectivity index (χ4v) is 2.51. The lowest BCUT2D eigenvalue weighted by molar-refractivity contribution is -0.137. The van der Waals surface area contributed by atoms with Gasteiger partial charge in [-0.3, -0.25) is 0 Å². The maximum Gasteiger partial charge on any atom is 0.417 e. The van der Waals surface area contributed by atoms with Crippen LogP contribution in [0.2, 0.25) is 5.15 Å². The predicted octanol–water partition coefficient (Wildman–Crippen LogP) is 2.25. The zero-order valence-corrected chi connectivity index (χ0v) is 13.8. The number of rotatable bonds is 3. The van der Waals surface area contributed by atoms with Crippen LogP contribution in [0.1, 0.15) is 22.8 Å². The van der Waals surface area contributed by atoms with Crippen LogP contribution in [-0.2, 0) is 10.9 Å². The second-order valence-corrected chi connectivity index (χ2v) is 5.82. The molecule has 0 bridgehead atoms. The predicted molar refractivity (Wildman–Crippen MR) is 80.5 cm³/mol. The van der Waals surface area contributed by atoms with Crippen molar-refractivity contribution >= 4 is 23.7 Å². The maximum atomic E-state index is 12.7. The first-order chi connectivity index (χ1) is 11.6. The lowest BCUT2D eigenvalue weighted by atomic mass is 10.1. The first-order valence-electron chi connectivity index (χ1n) is 7.24. The summed E-state index contributed by atoms with van der Waals surface area (Å²) in [6, 6.07) is 0.0775. The van der Waals surface area contributed by atoms with E-state index in [0.29, 0.717) is 18.8 Å². The monoisotopic (exact) mass is 381 g/mol. The summed E-state index contributed by atoms with van der Waals surface area (Å²) < 4.78 is 43.3. The molecule has 1 aromatic heterocycles. The van der Waals surface area contributed by atoms with Crippen molar-refractivity contribution in [2.45, 2.75) is 25.2 Å². The van der Waals surface area contributed by atoms with E-state index in [-0.39, 0.29) is 13.1 Å². The molecule has 2 heterocycles. The summed E-state index contributed by atoms with van der Waals surface area (Å²) in [6.45, 7) is 2.24. The van der Waals surface area contributed by atoms with Crippen LogP contribution in [0.15, 0.2) is 12.3 Å². The summed E-state index contributed by atoms with van der Waals surface area (Å²) in [5, 5.41) is 11.6. The average Bonchev–Trinajstić information content (AvgIpc) is 2.54. The molecule has 0 saturated carbocycles. The highest BCUT2D eigenvalue weighted by Crippen LogP contribution is 2.31. The van der Waals surface area contributed by atoms with Gasteiger partial charge >= 0.3 is 18.2 Å². The van der Waals surface area contributed by atoms with Crippen molar-refractivity contribution in [3.05, 3.63) is 28.5 Å². The van der Waals surface area contributed by atoms with Gasteiger partial charge in [-0.15, -0.1) is 0 Å². The first-order valence-corrected chi connectivity index (χ1v) is 7.62. The van der Waals surface area contributed by atoms with Gasteiger partial charge in [0.05, 0.1) is 17.2 Å². The molecule has 11 heteroatoms. The minimum atomic E-state index is -4.68. The average molecular weight is 382 g/mol. The molecule has 7 nitrogen and oxygen atoms in total. The molecule has 25 heavy (non-hydrogen) atoms. The molecule has 0 radical (unpaired) electrons. The van der Waals surface area contributed by atoms with E-state index in [9.17, 15) is 22.8 Å². The third-order valence-electron chi connectivity index (χ3n) is 3.72. The van der Waals surface area contributed by atoms with Crippen molar-refractivity contribution in [1.29, 1.82) is 0 Å². The summed E-state index contributed by atoms with van der Waals surface area (Å²) in [5.41, 5.74) is -1.63. The molecule has 1 aliphatic heterocycles. The van der Waals surface area contributed by atoms with Gasteiger partial charge in [-0.25, -0.2) is 14.6 Å². The number of halogens is 4. The number of esters is 1. The Morgan fingerprint density at radius 2 is 2.20 bits per heavy atom. The van der Waals surface area contributed by atoms with Crippen molar-refractivity contribution < 1.29 is 32.6 Å². The van der Waals surface area contributed by atoms with Crippen molar-refractivity contribution in [3.63, 3.8) is 0 Å². The summed E-state index contributed by atoms with van der Waals surface area (Å²) in [6.07, 6.45) is -6.04. The fraction of sp³-hybridized carbons (Fsp3) is 0.500. The van der Waals surface area contributed by atoms with Crippen molar-refractivity contribution in [2.75, 3.05) is 19.6 Å². The molecule has 0 spiro atoms. The van der Waals surface area contributed by atoms with Gasteiger partial charge < -0.3 is 20.1 Å². The van der Waals surface area contributed by atoms with Crippen molar-refractivity contribution in [2.24, 2.45) is 0 Å². The Balaban J connectivity index is 2.10. The number of nitrogens with zero attached hydrogens (tertiary/aromatic N) is 2. The topological polar surface area (TPSA) is 91.8 Å². The number of piperazine rings is 1. The quantitative estimate of drug-likeness (QED) is 0.616. The Morgan fingerprint density at radius 1 is 1.52 bits per heavy atom. The Morgan fingerprint density at radius 3 is 2.80 bits per heavy atom. The molecule has 0 unspecified atom stereocenters. The number of nitrogens with one attached hydrogen (secondary N) is 1. The third kappa shape index (κ3) is 4.73. The molecule has 1 saturated heterocycles. The van der Waals surface area contributed by atoms with Crippen LogP contribution in [-0.4, -0.2) is 58.8 Å². The Bertz CT molecular complexity index is 671. The molecule has 1 fully saturated rings. The van der Waals surface area contributed by atoms with Gasteiger partial charge in [0.1, 0.15) is 11.3 Å². The van der Waals surface area contributed by atoms with Crippen LogP contribution in [0.5, 0.6) is 0 Å². The SMILES string of the molecule is C[C@@H](OC(=O)c1cc(C(F)(F)F)cnc1Cl)[C@H]1CN(C(=O)O)CCN1. The zero-order valence-electron chi connectivity index (χ0n) is 13.0. The normalized spacial score (nSPS) is 19.4. The van der Waals surface area contributed by atoms with E-state index in [1.807, 2.05) is 0 Å². The summed E-state index contributed by atoms with van der Waals surface area (Å²) in [4.78, 5) is 27.7. The number of carboxylic acid groups (broad SMARTS) is 1. The van der Waals surface area contributed by atoms with Gasteiger partial charge in [0.15, 0.2) is 0 Å². The number of ether oxygens (including phenoxy) is 1. The first kappa shape index (κ1) is 19.3. The van der Waals surface area contributed by atoms with Gasteiger partial charge in [0.25, 0.3) is 0 Å². The molecule has 138 valence electrons. The fourth-order valence-electron chi connectivity index (χ4n) is 2.33. The van der Waals surface area contributed by atoms with E-state index < -0.39 is 46.7 Å². The van der Waals surface area contributed by atoms with Gasteiger partial charge in [0, 0.05) is 25.8 Å². The van der Waals surface area contributed by atoms with Crippen LogP contribution < -0.4 is 5.32 Å². The van der Waals surface area contributed by atoms with E-state index in [1.165, 1.54) is 6.92 Å². The largest absolute Gasteiger partial charge is 0.465 e. The Kier molecular flexibility index (Phi) is 5.73. The molecule has 0 aliphatic carbocycles. The lowest BCUT2D eigenvalue weighted by Gasteiger charge is -2.34. The van der Waals surface area contributed by atoms with E-state index in [4.69, 9.17) is 21.4 Å². The van der Waals surface area contributed by atoms with E-state index in [1.54, 1.807) is 0 Å². The maximum absolute atomic E-state index is 12.7. The van der Waals surface area contributed by atoms with Gasteiger partial charge in [-0.05, 0) is 13.0 Å². The second-order valence-electron chi connectivity index (χ2n) is 5.46. The van der Waals surface area contributed by atoms with Crippen molar-refractivity contribution in [3.8, 4) is 0 Å². The van der Waals surface area contributed by atoms with Gasteiger partial charge in [-0.2, -0.15) is 13.2 Å². The summed E-state index contributed by atoms with van der Waals surface area (Å²) >= 11 is 5.69. The minimum Gasteiger partial charge on any atom is -0.465 e. The molecule has 2 N–H and O–H groups in total. The molecule has 1 amide bonds. The molecule has 2 rings (SSSR count). The lowest BCUT2D eigenvalue weighted by Crippen LogP contribution is -2.56. The highest BCUT2D eigenvalue weighted by atomic mass is 35.5. The number of carbonyl (C=O) groups is 2. The number of aromatic nitrogens is 1. The minimum absolute atomic E-state index is 0.0817. The zero-order chi connectivity index (χ0) is 18.8. The number of alkyl halides is 3. The Hall–Kier alpha value is -2.07. The van der Waals surface area contributed by atoms with E-state index in [0.717, 1.165) is 4.90 Å². The Labute approximate surface area is 145 Å². The van der Waals surface area contributed by atoms with Crippen LogP contribution in [0.3, 0.4) is 0 Å². The van der Waals surface area contributed by atoms with Crippen LogP contribution in [0, 0.1) is 0 Å². The van der Waals surface area contributed by atoms with E-state index in [2.05, 4.69) is 10.3 Å². The van der Waals surface area contributed by atoms with Crippen LogP contribution in [0.4, 0.5) is 18.0 Å². The number of pyridine rings is 1. The second kappa shape index (κ2) is 7.44. The molecule has 0 aromatic carbocycles.